The lowest BCUT2D eigenvalue weighted by atomic mass is 10.2. The fourth-order valence-electron chi connectivity index (χ4n) is 3.47. The minimum absolute atomic E-state index is 0.0617. The second-order valence-electron chi connectivity index (χ2n) is 6.71. The molecule has 2 amide bonds. The summed E-state index contributed by atoms with van der Waals surface area (Å²) in [7, 11) is 1.68. The van der Waals surface area contributed by atoms with E-state index in [9.17, 15) is 4.79 Å². The first-order valence-electron chi connectivity index (χ1n) is 9.42. The zero-order chi connectivity index (χ0) is 19.3. The third-order valence-electron chi connectivity index (χ3n) is 5.01. The molecule has 0 radical (unpaired) electrons. The Hall–Kier alpha value is -3.41. The highest BCUT2D eigenvalue weighted by molar-refractivity contribution is 5.89. The number of benzene rings is 2. The SMILES string of the molecule is COc1ccccc1N1CCN(C(=O)Nc2ccc(-n3cccc3)cc2)CC1. The number of methoxy groups -OCH3 is 1. The van der Waals surface area contributed by atoms with Gasteiger partial charge in [0.1, 0.15) is 5.75 Å². The second-order valence-corrected chi connectivity index (χ2v) is 6.71. The maximum atomic E-state index is 12.6. The van der Waals surface area contributed by atoms with E-state index in [-0.39, 0.29) is 6.03 Å². The molecular formula is C22H24N4O2. The van der Waals surface area contributed by atoms with Crippen molar-refractivity contribution >= 4 is 17.4 Å². The fourth-order valence-corrected chi connectivity index (χ4v) is 3.47. The highest BCUT2D eigenvalue weighted by Gasteiger charge is 2.22. The predicted molar refractivity (Wildman–Crippen MR) is 112 cm³/mol. The molecule has 0 aliphatic carbocycles. The monoisotopic (exact) mass is 376 g/mol. The largest absolute Gasteiger partial charge is 0.495 e. The Morgan fingerprint density at radius 2 is 1.57 bits per heavy atom. The Balaban J connectivity index is 1.34. The number of urea groups is 1. The maximum Gasteiger partial charge on any atom is 0.321 e. The van der Waals surface area contributed by atoms with Gasteiger partial charge in [0.25, 0.3) is 0 Å². The van der Waals surface area contributed by atoms with Crippen molar-refractivity contribution in [2.24, 2.45) is 0 Å². The predicted octanol–water partition coefficient (Wildman–Crippen LogP) is 3.84. The molecule has 6 heteroatoms. The summed E-state index contributed by atoms with van der Waals surface area (Å²) in [5, 5.41) is 3.00. The van der Waals surface area contributed by atoms with Crippen molar-refractivity contribution < 1.29 is 9.53 Å². The molecule has 0 spiro atoms. The fraction of sp³-hybridized carbons (Fsp3) is 0.227. The average molecular weight is 376 g/mol. The zero-order valence-corrected chi connectivity index (χ0v) is 15.9. The summed E-state index contributed by atoms with van der Waals surface area (Å²) in [6.07, 6.45) is 3.99. The van der Waals surface area contributed by atoms with Gasteiger partial charge in [-0.3, -0.25) is 0 Å². The van der Waals surface area contributed by atoms with E-state index in [1.54, 1.807) is 7.11 Å². The van der Waals surface area contributed by atoms with E-state index >= 15 is 0 Å². The van der Waals surface area contributed by atoms with Crippen molar-refractivity contribution in [2.45, 2.75) is 0 Å². The summed E-state index contributed by atoms with van der Waals surface area (Å²) in [6.45, 7) is 2.90. The molecule has 1 aliphatic rings. The Morgan fingerprint density at radius 1 is 0.893 bits per heavy atom. The molecule has 6 nitrogen and oxygen atoms in total. The standard InChI is InChI=1S/C22H24N4O2/c1-28-21-7-3-2-6-20(21)25-14-16-26(17-15-25)22(27)23-18-8-10-19(11-9-18)24-12-4-5-13-24/h2-13H,14-17H2,1H3,(H,23,27). The lowest BCUT2D eigenvalue weighted by Crippen LogP contribution is -2.50. The molecule has 0 bridgehead atoms. The van der Waals surface area contributed by atoms with Gasteiger partial charge in [0.2, 0.25) is 0 Å². The maximum absolute atomic E-state index is 12.6. The van der Waals surface area contributed by atoms with E-state index in [0.29, 0.717) is 13.1 Å². The molecule has 3 aromatic rings. The van der Waals surface area contributed by atoms with Crippen molar-refractivity contribution in [3.05, 3.63) is 73.1 Å². The van der Waals surface area contributed by atoms with Crippen molar-refractivity contribution in [1.29, 1.82) is 0 Å². The summed E-state index contributed by atoms with van der Waals surface area (Å²) in [6, 6.07) is 19.8. The Kier molecular flexibility index (Phi) is 5.19. The quantitative estimate of drug-likeness (QED) is 0.753. The van der Waals surface area contributed by atoms with Gasteiger partial charge in [0.05, 0.1) is 12.8 Å². The second kappa shape index (κ2) is 8.08. The molecular weight excluding hydrogens is 352 g/mol. The van der Waals surface area contributed by atoms with Gasteiger partial charge >= 0.3 is 6.03 Å². The molecule has 4 rings (SSSR count). The molecule has 0 unspecified atom stereocenters. The van der Waals surface area contributed by atoms with Gasteiger partial charge in [-0.1, -0.05) is 12.1 Å². The highest BCUT2D eigenvalue weighted by atomic mass is 16.5. The van der Waals surface area contributed by atoms with Gasteiger partial charge in [-0.05, 0) is 48.5 Å². The van der Waals surface area contributed by atoms with Gasteiger partial charge in [-0.25, -0.2) is 4.79 Å². The Bertz CT molecular complexity index is 914. The number of hydrogen-bond donors (Lipinski definition) is 1. The van der Waals surface area contributed by atoms with Crippen molar-refractivity contribution in [2.75, 3.05) is 43.5 Å². The molecule has 2 aromatic carbocycles. The molecule has 1 aliphatic heterocycles. The number of hydrogen-bond acceptors (Lipinski definition) is 3. The van der Waals surface area contributed by atoms with Crippen LogP contribution in [0.15, 0.2) is 73.1 Å². The van der Waals surface area contributed by atoms with Gasteiger partial charge in [-0.15, -0.1) is 0 Å². The van der Waals surface area contributed by atoms with Crippen LogP contribution >= 0.6 is 0 Å². The molecule has 0 saturated carbocycles. The average Bonchev–Trinajstić information content (AvgIpc) is 3.29. The van der Waals surface area contributed by atoms with E-state index in [1.807, 2.05) is 76.5 Å². The number of carbonyl (C=O) groups excluding carboxylic acids is 1. The lowest BCUT2D eigenvalue weighted by molar-refractivity contribution is 0.208. The van der Waals surface area contributed by atoms with Crippen LogP contribution in [0, 0.1) is 0 Å². The number of carbonyl (C=O) groups is 1. The molecule has 1 aromatic heterocycles. The minimum Gasteiger partial charge on any atom is -0.495 e. The van der Waals surface area contributed by atoms with Gasteiger partial charge < -0.3 is 24.4 Å². The van der Waals surface area contributed by atoms with Crippen LogP contribution in [-0.2, 0) is 0 Å². The third kappa shape index (κ3) is 3.81. The lowest BCUT2D eigenvalue weighted by Gasteiger charge is -2.36. The molecule has 144 valence electrons. The first kappa shape index (κ1) is 18.0. The molecule has 1 saturated heterocycles. The molecule has 1 N–H and O–H groups in total. The topological polar surface area (TPSA) is 49.7 Å². The first-order valence-corrected chi connectivity index (χ1v) is 9.42. The number of amides is 2. The summed E-state index contributed by atoms with van der Waals surface area (Å²) in [5.74, 6) is 0.864. The number of anilines is 2. The van der Waals surface area contributed by atoms with Crippen LogP contribution in [0.1, 0.15) is 0 Å². The molecule has 28 heavy (non-hydrogen) atoms. The van der Waals surface area contributed by atoms with Crippen LogP contribution in [0.25, 0.3) is 5.69 Å². The van der Waals surface area contributed by atoms with E-state index in [0.717, 1.165) is 35.9 Å². The Labute approximate surface area is 164 Å². The van der Waals surface area contributed by atoms with Gasteiger partial charge in [0.15, 0.2) is 0 Å². The van der Waals surface area contributed by atoms with Crippen LogP contribution in [0.3, 0.4) is 0 Å². The molecule has 2 heterocycles. The van der Waals surface area contributed by atoms with Crippen molar-refractivity contribution in [3.63, 3.8) is 0 Å². The number of nitrogens with zero attached hydrogens (tertiary/aromatic N) is 3. The zero-order valence-electron chi connectivity index (χ0n) is 15.9. The summed E-state index contributed by atoms with van der Waals surface area (Å²) in [4.78, 5) is 16.7. The van der Waals surface area contributed by atoms with Crippen molar-refractivity contribution in [3.8, 4) is 11.4 Å². The normalized spacial score (nSPS) is 14.0. The van der Waals surface area contributed by atoms with E-state index in [1.165, 1.54) is 0 Å². The third-order valence-corrected chi connectivity index (χ3v) is 5.01. The van der Waals surface area contributed by atoms with Crippen molar-refractivity contribution in [1.82, 2.24) is 9.47 Å². The summed E-state index contributed by atoms with van der Waals surface area (Å²) in [5.41, 5.74) is 2.94. The number of piperazine rings is 1. The van der Waals surface area contributed by atoms with E-state index < -0.39 is 0 Å². The summed E-state index contributed by atoms with van der Waals surface area (Å²) >= 11 is 0. The van der Waals surface area contributed by atoms with Crippen LogP contribution in [0.4, 0.5) is 16.2 Å². The number of aromatic nitrogens is 1. The summed E-state index contributed by atoms with van der Waals surface area (Å²) < 4.78 is 7.48. The van der Waals surface area contributed by atoms with Gasteiger partial charge in [0, 0.05) is 49.9 Å². The first-order chi connectivity index (χ1) is 13.7. The number of rotatable bonds is 4. The van der Waals surface area contributed by atoms with Crippen LogP contribution < -0.4 is 15.0 Å². The smallest absolute Gasteiger partial charge is 0.321 e. The van der Waals surface area contributed by atoms with E-state index in [2.05, 4.69) is 16.3 Å². The highest BCUT2D eigenvalue weighted by Crippen LogP contribution is 2.28. The minimum atomic E-state index is -0.0617. The number of ether oxygens (including phenoxy) is 1. The number of para-hydroxylation sites is 2. The van der Waals surface area contributed by atoms with E-state index in [4.69, 9.17) is 4.74 Å². The van der Waals surface area contributed by atoms with Crippen LogP contribution in [0.5, 0.6) is 5.75 Å². The molecule has 0 atom stereocenters. The van der Waals surface area contributed by atoms with Crippen LogP contribution in [-0.4, -0.2) is 48.8 Å². The number of nitrogens with one attached hydrogen (secondary N) is 1. The molecule has 1 fully saturated rings. The van der Waals surface area contributed by atoms with Crippen LogP contribution in [0.2, 0.25) is 0 Å². The van der Waals surface area contributed by atoms with Gasteiger partial charge in [-0.2, -0.15) is 0 Å². The Morgan fingerprint density at radius 3 is 2.25 bits per heavy atom.